The molecule has 3 N–H and O–H groups in total. The van der Waals surface area contributed by atoms with Crippen LogP contribution in [0, 0.1) is 12.7 Å². The van der Waals surface area contributed by atoms with Gasteiger partial charge in [-0.3, -0.25) is 4.79 Å². The second-order valence-electron chi connectivity index (χ2n) is 5.62. The number of nitrogens with one attached hydrogen (secondary N) is 1. The number of benzene rings is 2. The molecule has 1 aliphatic carbocycles. The fourth-order valence-corrected chi connectivity index (χ4v) is 2.55. The van der Waals surface area contributed by atoms with Gasteiger partial charge in [0.05, 0.1) is 5.41 Å². The van der Waals surface area contributed by atoms with E-state index in [-0.39, 0.29) is 11.7 Å². The van der Waals surface area contributed by atoms with Crippen molar-refractivity contribution >= 4 is 17.3 Å². The number of rotatable bonds is 3. The first kappa shape index (κ1) is 13.6. The number of nitrogens with two attached hydrogens (primary N) is 1. The van der Waals surface area contributed by atoms with Crippen LogP contribution < -0.4 is 11.1 Å². The van der Waals surface area contributed by atoms with Crippen molar-refractivity contribution in [1.82, 2.24) is 0 Å². The first-order valence-corrected chi connectivity index (χ1v) is 6.95. The zero-order valence-corrected chi connectivity index (χ0v) is 11.8. The minimum absolute atomic E-state index is 0.0433. The van der Waals surface area contributed by atoms with E-state index < -0.39 is 5.41 Å². The molecule has 2 aromatic rings. The van der Waals surface area contributed by atoms with Gasteiger partial charge in [-0.2, -0.15) is 0 Å². The average Bonchev–Trinajstić information content (AvgIpc) is 3.25. The monoisotopic (exact) mass is 284 g/mol. The van der Waals surface area contributed by atoms with E-state index in [1.807, 2.05) is 24.3 Å². The summed E-state index contributed by atoms with van der Waals surface area (Å²) in [7, 11) is 0. The van der Waals surface area contributed by atoms with E-state index >= 15 is 0 Å². The van der Waals surface area contributed by atoms with Gasteiger partial charge in [0.1, 0.15) is 5.82 Å². The zero-order chi connectivity index (χ0) is 15.0. The van der Waals surface area contributed by atoms with E-state index in [9.17, 15) is 9.18 Å². The quantitative estimate of drug-likeness (QED) is 0.849. The number of amides is 1. The molecule has 3 rings (SSSR count). The Labute approximate surface area is 123 Å². The van der Waals surface area contributed by atoms with Gasteiger partial charge in [-0.1, -0.05) is 12.1 Å². The van der Waals surface area contributed by atoms with E-state index in [4.69, 9.17) is 5.73 Å². The molecule has 1 aliphatic rings. The third kappa shape index (κ3) is 2.49. The van der Waals surface area contributed by atoms with Gasteiger partial charge in [-0.25, -0.2) is 4.39 Å². The summed E-state index contributed by atoms with van der Waals surface area (Å²) in [5.41, 5.74) is 8.03. The molecule has 2 aromatic carbocycles. The van der Waals surface area contributed by atoms with Crippen LogP contribution in [0.15, 0.2) is 42.5 Å². The van der Waals surface area contributed by atoms with Gasteiger partial charge in [0.25, 0.3) is 0 Å². The molecule has 0 aliphatic heterocycles. The van der Waals surface area contributed by atoms with Gasteiger partial charge >= 0.3 is 0 Å². The Bertz CT molecular complexity index is 690. The maximum absolute atomic E-state index is 13.3. The number of aryl methyl sites for hydroxylation is 1. The van der Waals surface area contributed by atoms with Crippen LogP contribution in [0.2, 0.25) is 0 Å². The highest BCUT2D eigenvalue weighted by Crippen LogP contribution is 2.49. The van der Waals surface area contributed by atoms with Crippen molar-refractivity contribution in [3.8, 4) is 0 Å². The van der Waals surface area contributed by atoms with Crippen molar-refractivity contribution in [2.24, 2.45) is 0 Å². The predicted octanol–water partition coefficient (Wildman–Crippen LogP) is 3.39. The summed E-state index contributed by atoms with van der Waals surface area (Å²) in [4.78, 5) is 12.5. The fourth-order valence-electron chi connectivity index (χ4n) is 2.55. The van der Waals surface area contributed by atoms with Crippen molar-refractivity contribution in [3.05, 3.63) is 59.4 Å². The molecule has 0 heterocycles. The molecule has 0 spiro atoms. The molecule has 108 valence electrons. The van der Waals surface area contributed by atoms with Crippen LogP contribution in [0.5, 0.6) is 0 Å². The van der Waals surface area contributed by atoms with Crippen molar-refractivity contribution in [2.75, 3.05) is 11.1 Å². The molecule has 1 amide bonds. The van der Waals surface area contributed by atoms with Crippen molar-refractivity contribution in [2.45, 2.75) is 25.2 Å². The second kappa shape index (κ2) is 4.88. The van der Waals surface area contributed by atoms with Crippen LogP contribution in [0.1, 0.15) is 24.0 Å². The largest absolute Gasteiger partial charge is 0.399 e. The minimum atomic E-state index is -0.462. The van der Waals surface area contributed by atoms with Gasteiger partial charge in [0.15, 0.2) is 0 Å². The van der Waals surface area contributed by atoms with Gasteiger partial charge in [-0.05, 0) is 61.2 Å². The minimum Gasteiger partial charge on any atom is -0.399 e. The normalized spacial score (nSPS) is 15.5. The van der Waals surface area contributed by atoms with Crippen LogP contribution in [0.3, 0.4) is 0 Å². The van der Waals surface area contributed by atoms with E-state index in [2.05, 4.69) is 5.32 Å². The predicted molar refractivity (Wildman–Crippen MR) is 81.5 cm³/mol. The molecule has 3 nitrogen and oxygen atoms in total. The van der Waals surface area contributed by atoms with Crippen molar-refractivity contribution < 1.29 is 9.18 Å². The molecule has 0 saturated heterocycles. The van der Waals surface area contributed by atoms with Gasteiger partial charge in [0, 0.05) is 11.4 Å². The second-order valence-corrected chi connectivity index (χ2v) is 5.62. The third-order valence-corrected chi connectivity index (χ3v) is 4.06. The first-order chi connectivity index (χ1) is 10.0. The number of anilines is 2. The van der Waals surface area contributed by atoms with Crippen molar-refractivity contribution in [1.29, 1.82) is 0 Å². The third-order valence-electron chi connectivity index (χ3n) is 4.06. The number of hydrogen-bond acceptors (Lipinski definition) is 2. The lowest BCUT2D eigenvalue weighted by atomic mass is 9.94. The Morgan fingerprint density at radius 2 is 1.86 bits per heavy atom. The van der Waals surface area contributed by atoms with E-state index in [0.29, 0.717) is 16.9 Å². The lowest BCUT2D eigenvalue weighted by molar-refractivity contribution is -0.118. The highest BCUT2D eigenvalue weighted by atomic mass is 19.1. The summed E-state index contributed by atoms with van der Waals surface area (Å²) in [6, 6.07) is 12.0. The Hall–Kier alpha value is -2.36. The number of carbonyl (C=O) groups is 1. The molecule has 1 fully saturated rings. The molecule has 1 saturated carbocycles. The average molecular weight is 284 g/mol. The van der Waals surface area contributed by atoms with E-state index in [0.717, 1.165) is 18.4 Å². The Balaban J connectivity index is 1.81. The van der Waals surface area contributed by atoms with Crippen molar-refractivity contribution in [3.63, 3.8) is 0 Å². The van der Waals surface area contributed by atoms with Gasteiger partial charge in [0.2, 0.25) is 5.91 Å². The molecule has 0 unspecified atom stereocenters. The molecule has 4 heteroatoms. The van der Waals surface area contributed by atoms with Crippen LogP contribution in [0.4, 0.5) is 15.8 Å². The van der Waals surface area contributed by atoms with Crippen LogP contribution in [-0.2, 0) is 10.2 Å². The topological polar surface area (TPSA) is 55.1 Å². The summed E-state index contributed by atoms with van der Waals surface area (Å²) in [6.45, 7) is 1.68. The van der Waals surface area contributed by atoms with Crippen LogP contribution in [0.25, 0.3) is 0 Å². The number of nitrogen functional groups attached to an aromatic ring is 1. The molecular formula is C17H17FN2O. The van der Waals surface area contributed by atoms with E-state index in [1.165, 1.54) is 6.07 Å². The van der Waals surface area contributed by atoms with Gasteiger partial charge < -0.3 is 11.1 Å². The summed E-state index contributed by atoms with van der Waals surface area (Å²) in [5, 5.41) is 2.89. The zero-order valence-electron chi connectivity index (χ0n) is 11.8. The number of hydrogen-bond donors (Lipinski definition) is 2. The number of carbonyl (C=O) groups excluding carboxylic acids is 1. The summed E-state index contributed by atoms with van der Waals surface area (Å²) < 4.78 is 13.3. The molecule has 0 bridgehead atoms. The first-order valence-electron chi connectivity index (χ1n) is 6.95. The lowest BCUT2D eigenvalue weighted by Crippen LogP contribution is -2.27. The molecule has 21 heavy (non-hydrogen) atoms. The SMILES string of the molecule is Cc1cc(NC(=O)C2(c3ccc(N)cc3)CC2)ccc1F. The van der Waals surface area contributed by atoms with Crippen LogP contribution >= 0.6 is 0 Å². The maximum Gasteiger partial charge on any atom is 0.235 e. The van der Waals surface area contributed by atoms with E-state index in [1.54, 1.807) is 19.1 Å². The maximum atomic E-state index is 13.3. The van der Waals surface area contributed by atoms with Crippen LogP contribution in [-0.4, -0.2) is 5.91 Å². The molecule has 0 radical (unpaired) electrons. The lowest BCUT2D eigenvalue weighted by Gasteiger charge is -2.16. The van der Waals surface area contributed by atoms with Gasteiger partial charge in [-0.15, -0.1) is 0 Å². The number of halogens is 1. The molecule has 0 atom stereocenters. The Morgan fingerprint density at radius 1 is 1.19 bits per heavy atom. The molecule has 0 aromatic heterocycles. The standard InChI is InChI=1S/C17H17FN2O/c1-11-10-14(6-7-15(11)18)20-16(21)17(8-9-17)12-2-4-13(19)5-3-12/h2-7,10H,8-9,19H2,1H3,(H,20,21). The summed E-state index contributed by atoms with van der Waals surface area (Å²) in [6.07, 6.45) is 1.64. The summed E-state index contributed by atoms with van der Waals surface area (Å²) >= 11 is 0. The smallest absolute Gasteiger partial charge is 0.235 e. The highest BCUT2D eigenvalue weighted by Gasteiger charge is 2.51. The Morgan fingerprint density at radius 3 is 2.43 bits per heavy atom. The fraction of sp³-hybridized carbons (Fsp3) is 0.235. The Kier molecular flexibility index (Phi) is 3.16. The highest BCUT2D eigenvalue weighted by molar-refractivity contribution is 6.01. The molecular weight excluding hydrogens is 267 g/mol. The summed E-state index contributed by atoms with van der Waals surface area (Å²) in [5.74, 6) is -0.314.